The van der Waals surface area contributed by atoms with Crippen LogP contribution in [0.1, 0.15) is 15.2 Å². The number of anilines is 1. The summed E-state index contributed by atoms with van der Waals surface area (Å²) >= 11 is 1.27. The van der Waals surface area contributed by atoms with E-state index in [9.17, 15) is 9.59 Å². The van der Waals surface area contributed by atoms with Crippen LogP contribution < -0.4 is 10.1 Å². The van der Waals surface area contributed by atoms with E-state index in [0.29, 0.717) is 21.9 Å². The summed E-state index contributed by atoms with van der Waals surface area (Å²) in [6.07, 6.45) is -0.141. The van der Waals surface area contributed by atoms with Crippen molar-refractivity contribution < 1.29 is 19.4 Å². The number of carboxylic acid groups (broad SMARTS) is 1. The van der Waals surface area contributed by atoms with Crippen molar-refractivity contribution in [2.45, 2.75) is 6.42 Å². The lowest BCUT2D eigenvalue weighted by molar-refractivity contribution is -0.136. The minimum absolute atomic E-state index is 0.141. The quantitative estimate of drug-likeness (QED) is 0.888. The van der Waals surface area contributed by atoms with Gasteiger partial charge in [-0.1, -0.05) is 18.2 Å². The lowest BCUT2D eigenvalue weighted by Crippen LogP contribution is -2.14. The van der Waals surface area contributed by atoms with Crippen LogP contribution in [0.3, 0.4) is 0 Å². The van der Waals surface area contributed by atoms with Crippen LogP contribution in [0.2, 0.25) is 0 Å². The lowest BCUT2D eigenvalue weighted by Gasteiger charge is -2.09. The van der Waals surface area contributed by atoms with Gasteiger partial charge in [-0.25, -0.2) is 0 Å². The number of rotatable bonds is 5. The van der Waals surface area contributed by atoms with E-state index in [2.05, 4.69) is 5.32 Å². The molecular weight excluding hydrogens is 278 g/mol. The molecule has 0 spiro atoms. The Morgan fingerprint density at radius 3 is 2.75 bits per heavy atom. The number of carbonyl (C=O) groups excluding carboxylic acids is 1. The summed E-state index contributed by atoms with van der Waals surface area (Å²) in [4.78, 5) is 23.4. The van der Waals surface area contributed by atoms with E-state index in [1.165, 1.54) is 18.4 Å². The van der Waals surface area contributed by atoms with Gasteiger partial charge in [-0.15, -0.1) is 11.3 Å². The summed E-state index contributed by atoms with van der Waals surface area (Å²) < 4.78 is 5.09. The Bertz CT molecular complexity index is 636. The number of hydrogen-bond donors (Lipinski definition) is 2. The third kappa shape index (κ3) is 3.16. The smallest absolute Gasteiger partial charge is 0.307 e. The van der Waals surface area contributed by atoms with Gasteiger partial charge in [-0.2, -0.15) is 0 Å². The van der Waals surface area contributed by atoms with Crippen LogP contribution in [0.25, 0.3) is 0 Å². The van der Waals surface area contributed by atoms with Gasteiger partial charge in [0, 0.05) is 5.69 Å². The normalized spacial score (nSPS) is 10.1. The summed E-state index contributed by atoms with van der Waals surface area (Å²) in [5.74, 6) is -0.752. The number of ether oxygens (including phenoxy) is 1. The lowest BCUT2D eigenvalue weighted by atomic mass is 10.1. The Hall–Kier alpha value is -2.34. The molecule has 2 N–H and O–H groups in total. The molecule has 0 saturated carbocycles. The molecule has 0 aliphatic heterocycles. The molecule has 1 aromatic carbocycles. The van der Waals surface area contributed by atoms with Gasteiger partial charge in [0.05, 0.1) is 13.5 Å². The molecule has 1 amide bonds. The standard InChI is InChI=1S/C14H13NO4S/c1-19-11-6-7-20-13(11)14(18)15-10-5-3-2-4-9(10)8-12(16)17/h2-7H,8H2,1H3,(H,15,18)(H,16,17). The Morgan fingerprint density at radius 2 is 2.05 bits per heavy atom. The van der Waals surface area contributed by atoms with Crippen LogP contribution in [0.4, 0.5) is 5.69 Å². The van der Waals surface area contributed by atoms with Gasteiger partial charge in [0.2, 0.25) is 0 Å². The van der Waals surface area contributed by atoms with Crippen molar-refractivity contribution in [1.29, 1.82) is 0 Å². The SMILES string of the molecule is COc1ccsc1C(=O)Nc1ccccc1CC(=O)O. The van der Waals surface area contributed by atoms with E-state index in [0.717, 1.165) is 0 Å². The van der Waals surface area contributed by atoms with Crippen LogP contribution in [0, 0.1) is 0 Å². The highest BCUT2D eigenvalue weighted by atomic mass is 32.1. The molecule has 1 heterocycles. The van der Waals surface area contributed by atoms with Gasteiger partial charge < -0.3 is 15.2 Å². The number of carbonyl (C=O) groups is 2. The van der Waals surface area contributed by atoms with Crippen molar-refractivity contribution in [2.24, 2.45) is 0 Å². The van der Waals surface area contributed by atoms with Crippen molar-refractivity contribution in [1.82, 2.24) is 0 Å². The highest BCUT2D eigenvalue weighted by Gasteiger charge is 2.15. The van der Waals surface area contributed by atoms with Gasteiger partial charge in [0.15, 0.2) is 0 Å². The zero-order valence-electron chi connectivity index (χ0n) is 10.8. The van der Waals surface area contributed by atoms with E-state index in [-0.39, 0.29) is 12.3 Å². The number of carboxylic acids is 1. The number of nitrogens with one attached hydrogen (secondary N) is 1. The average Bonchev–Trinajstić information content (AvgIpc) is 2.88. The molecule has 20 heavy (non-hydrogen) atoms. The van der Waals surface area contributed by atoms with Gasteiger partial charge in [0.1, 0.15) is 10.6 Å². The molecule has 5 nitrogen and oxygen atoms in total. The van der Waals surface area contributed by atoms with E-state index in [4.69, 9.17) is 9.84 Å². The van der Waals surface area contributed by atoms with Crippen molar-refractivity contribution in [3.63, 3.8) is 0 Å². The fourth-order valence-corrected chi connectivity index (χ4v) is 2.52. The molecule has 2 rings (SSSR count). The predicted octanol–water partition coefficient (Wildman–Crippen LogP) is 2.64. The molecule has 0 radical (unpaired) electrons. The number of hydrogen-bond acceptors (Lipinski definition) is 4. The molecule has 0 atom stereocenters. The number of amides is 1. The fourth-order valence-electron chi connectivity index (χ4n) is 1.76. The van der Waals surface area contributed by atoms with Crippen LogP contribution in [0.15, 0.2) is 35.7 Å². The van der Waals surface area contributed by atoms with Crippen LogP contribution in [0.5, 0.6) is 5.75 Å². The Kier molecular flexibility index (Phi) is 4.37. The number of para-hydroxylation sites is 1. The number of aliphatic carboxylic acids is 1. The third-order valence-corrected chi connectivity index (χ3v) is 3.56. The van der Waals surface area contributed by atoms with E-state index in [1.807, 2.05) is 0 Å². The van der Waals surface area contributed by atoms with Crippen LogP contribution in [-0.4, -0.2) is 24.1 Å². The molecule has 1 aromatic heterocycles. The van der Waals surface area contributed by atoms with Crippen molar-refractivity contribution in [3.8, 4) is 5.75 Å². The van der Waals surface area contributed by atoms with Gasteiger partial charge in [-0.3, -0.25) is 9.59 Å². The molecule has 0 aliphatic rings. The second kappa shape index (κ2) is 6.21. The maximum atomic E-state index is 12.2. The van der Waals surface area contributed by atoms with Gasteiger partial charge >= 0.3 is 5.97 Å². The van der Waals surface area contributed by atoms with Crippen molar-refractivity contribution in [3.05, 3.63) is 46.2 Å². The molecule has 0 saturated heterocycles. The maximum Gasteiger partial charge on any atom is 0.307 e. The van der Waals surface area contributed by atoms with Gasteiger partial charge in [0.25, 0.3) is 5.91 Å². The monoisotopic (exact) mass is 291 g/mol. The topological polar surface area (TPSA) is 75.6 Å². The first kappa shape index (κ1) is 14.1. The zero-order valence-corrected chi connectivity index (χ0v) is 11.6. The van der Waals surface area contributed by atoms with Crippen molar-refractivity contribution >= 4 is 28.9 Å². The van der Waals surface area contributed by atoms with E-state index < -0.39 is 5.97 Å². The van der Waals surface area contributed by atoms with E-state index in [1.54, 1.807) is 35.7 Å². The molecule has 0 fully saturated rings. The first-order chi connectivity index (χ1) is 9.61. The molecule has 0 bridgehead atoms. The Balaban J connectivity index is 2.22. The van der Waals surface area contributed by atoms with Crippen molar-refractivity contribution in [2.75, 3.05) is 12.4 Å². The number of methoxy groups -OCH3 is 1. The first-order valence-electron chi connectivity index (χ1n) is 5.84. The number of benzene rings is 1. The second-order valence-corrected chi connectivity index (χ2v) is 4.92. The zero-order chi connectivity index (χ0) is 14.5. The second-order valence-electron chi connectivity index (χ2n) is 4.00. The summed E-state index contributed by atoms with van der Waals surface area (Å²) in [6, 6.07) is 8.54. The summed E-state index contributed by atoms with van der Waals surface area (Å²) in [5, 5.41) is 13.3. The highest BCUT2D eigenvalue weighted by molar-refractivity contribution is 7.12. The third-order valence-electron chi connectivity index (χ3n) is 2.66. The van der Waals surface area contributed by atoms with E-state index >= 15 is 0 Å². The Labute approximate surface area is 119 Å². The first-order valence-corrected chi connectivity index (χ1v) is 6.72. The van der Waals surface area contributed by atoms with Gasteiger partial charge in [-0.05, 0) is 23.1 Å². The predicted molar refractivity (Wildman–Crippen MR) is 76.6 cm³/mol. The van der Waals surface area contributed by atoms with Crippen LogP contribution in [-0.2, 0) is 11.2 Å². The molecule has 0 aliphatic carbocycles. The fraction of sp³-hybridized carbons (Fsp3) is 0.143. The minimum Gasteiger partial charge on any atom is -0.495 e. The Morgan fingerprint density at radius 1 is 1.30 bits per heavy atom. The molecule has 0 unspecified atom stereocenters. The minimum atomic E-state index is -0.944. The molecular formula is C14H13NO4S. The maximum absolute atomic E-state index is 12.2. The molecule has 6 heteroatoms. The largest absolute Gasteiger partial charge is 0.495 e. The molecule has 104 valence electrons. The average molecular weight is 291 g/mol. The number of thiophene rings is 1. The highest BCUT2D eigenvalue weighted by Crippen LogP contribution is 2.26. The molecule has 2 aromatic rings. The van der Waals surface area contributed by atoms with Crippen LogP contribution >= 0.6 is 11.3 Å². The summed E-state index contributed by atoms with van der Waals surface area (Å²) in [7, 11) is 1.50. The summed E-state index contributed by atoms with van der Waals surface area (Å²) in [6.45, 7) is 0. The summed E-state index contributed by atoms with van der Waals surface area (Å²) in [5.41, 5.74) is 1.05.